The van der Waals surface area contributed by atoms with Gasteiger partial charge in [-0.25, -0.2) is 4.79 Å². The molecule has 3 rings (SSSR count). The van der Waals surface area contributed by atoms with Crippen molar-refractivity contribution < 1.29 is 9.53 Å². The van der Waals surface area contributed by atoms with Crippen molar-refractivity contribution in [3.63, 3.8) is 0 Å². The van der Waals surface area contributed by atoms with Crippen LogP contribution in [0.1, 0.15) is 63.4 Å². The van der Waals surface area contributed by atoms with Crippen LogP contribution in [0.3, 0.4) is 0 Å². The molecule has 24 heavy (non-hydrogen) atoms. The molecule has 2 fully saturated rings. The van der Waals surface area contributed by atoms with Crippen LogP contribution in [0.5, 0.6) is 5.75 Å². The average molecular weight is 330 g/mol. The highest BCUT2D eigenvalue weighted by Crippen LogP contribution is 2.41. The van der Waals surface area contributed by atoms with E-state index in [0.717, 1.165) is 38.0 Å². The maximum Gasteiger partial charge on any atom is 0.315 e. The molecule has 0 radical (unpaired) electrons. The molecule has 4 nitrogen and oxygen atoms in total. The van der Waals surface area contributed by atoms with Crippen LogP contribution in [0.2, 0.25) is 0 Å². The van der Waals surface area contributed by atoms with Gasteiger partial charge >= 0.3 is 6.03 Å². The van der Waals surface area contributed by atoms with Crippen LogP contribution in [0, 0.1) is 0 Å². The Balaban J connectivity index is 1.59. The number of benzene rings is 1. The first kappa shape index (κ1) is 17.1. The lowest BCUT2D eigenvalue weighted by molar-refractivity contribution is 0.229. The molecular formula is C20H30N2O2. The van der Waals surface area contributed by atoms with Gasteiger partial charge in [0.05, 0.1) is 7.11 Å². The van der Waals surface area contributed by atoms with Crippen LogP contribution < -0.4 is 15.4 Å². The minimum atomic E-state index is 0.00156. The molecule has 0 heterocycles. The van der Waals surface area contributed by atoms with E-state index in [0.29, 0.717) is 6.04 Å². The van der Waals surface area contributed by atoms with Crippen LogP contribution in [-0.4, -0.2) is 25.7 Å². The van der Waals surface area contributed by atoms with Crippen LogP contribution in [-0.2, 0) is 5.41 Å². The van der Waals surface area contributed by atoms with Crippen LogP contribution in [0.4, 0.5) is 4.79 Å². The fourth-order valence-electron chi connectivity index (χ4n) is 4.30. The van der Waals surface area contributed by atoms with E-state index in [1.165, 1.54) is 37.7 Å². The highest BCUT2D eigenvalue weighted by molar-refractivity contribution is 5.74. The van der Waals surface area contributed by atoms with E-state index in [1.54, 1.807) is 7.11 Å². The Morgan fingerprint density at radius 1 is 1.08 bits per heavy atom. The van der Waals surface area contributed by atoms with Gasteiger partial charge in [0.2, 0.25) is 0 Å². The standard InChI is InChI=1S/C20H30N2O2/c1-24-18-11-9-16(10-12-18)20(13-5-6-14-20)15-21-19(23)22-17-7-3-2-4-8-17/h9-12,17H,2-8,13-15H2,1H3,(H2,21,22,23). The summed E-state index contributed by atoms with van der Waals surface area (Å²) in [5.41, 5.74) is 1.40. The molecule has 0 aliphatic heterocycles. The lowest BCUT2D eigenvalue weighted by Crippen LogP contribution is -2.47. The summed E-state index contributed by atoms with van der Waals surface area (Å²) in [5.74, 6) is 0.884. The summed E-state index contributed by atoms with van der Waals surface area (Å²) in [5, 5.41) is 6.32. The van der Waals surface area contributed by atoms with Crippen molar-refractivity contribution in [3.05, 3.63) is 29.8 Å². The Hall–Kier alpha value is -1.71. The third-order valence-corrected chi connectivity index (χ3v) is 5.79. The molecule has 0 aromatic heterocycles. The first-order valence-electron chi connectivity index (χ1n) is 9.41. The quantitative estimate of drug-likeness (QED) is 0.852. The molecule has 1 aromatic carbocycles. The third kappa shape index (κ3) is 4.03. The zero-order valence-electron chi connectivity index (χ0n) is 14.8. The van der Waals surface area contributed by atoms with Gasteiger partial charge in [-0.3, -0.25) is 0 Å². The van der Waals surface area contributed by atoms with Gasteiger partial charge in [0.25, 0.3) is 0 Å². The van der Waals surface area contributed by atoms with E-state index in [1.807, 2.05) is 12.1 Å². The molecule has 0 atom stereocenters. The Morgan fingerprint density at radius 2 is 1.75 bits per heavy atom. The van der Waals surface area contributed by atoms with E-state index >= 15 is 0 Å². The number of carbonyl (C=O) groups excluding carboxylic acids is 1. The third-order valence-electron chi connectivity index (χ3n) is 5.79. The second-order valence-electron chi connectivity index (χ2n) is 7.38. The van der Waals surface area contributed by atoms with E-state index in [-0.39, 0.29) is 11.4 Å². The van der Waals surface area contributed by atoms with Crippen molar-refractivity contribution in [2.24, 2.45) is 0 Å². The van der Waals surface area contributed by atoms with Gasteiger partial charge in [0.15, 0.2) is 0 Å². The summed E-state index contributed by atoms with van der Waals surface area (Å²) in [7, 11) is 1.69. The van der Waals surface area contributed by atoms with E-state index in [9.17, 15) is 4.79 Å². The highest BCUT2D eigenvalue weighted by atomic mass is 16.5. The Bertz CT molecular complexity index is 529. The molecule has 1 aromatic rings. The molecule has 0 spiro atoms. The van der Waals surface area contributed by atoms with Gasteiger partial charge in [-0.1, -0.05) is 44.2 Å². The van der Waals surface area contributed by atoms with Gasteiger partial charge < -0.3 is 15.4 Å². The predicted molar refractivity (Wildman–Crippen MR) is 96.5 cm³/mol. The zero-order valence-corrected chi connectivity index (χ0v) is 14.8. The van der Waals surface area contributed by atoms with Crippen molar-refractivity contribution in [2.75, 3.05) is 13.7 Å². The SMILES string of the molecule is COc1ccc(C2(CNC(=O)NC3CCCCC3)CCCC2)cc1. The minimum absolute atomic E-state index is 0.00156. The maximum atomic E-state index is 12.3. The van der Waals surface area contributed by atoms with Gasteiger partial charge in [0.1, 0.15) is 5.75 Å². The number of nitrogens with one attached hydrogen (secondary N) is 2. The Morgan fingerprint density at radius 3 is 2.38 bits per heavy atom. The largest absolute Gasteiger partial charge is 0.497 e. The number of hydrogen-bond donors (Lipinski definition) is 2. The predicted octanol–water partition coefficient (Wildman–Crippen LogP) is 4.14. The lowest BCUT2D eigenvalue weighted by atomic mass is 9.79. The first-order valence-corrected chi connectivity index (χ1v) is 9.41. The lowest BCUT2D eigenvalue weighted by Gasteiger charge is -2.31. The highest BCUT2D eigenvalue weighted by Gasteiger charge is 2.36. The number of ether oxygens (including phenoxy) is 1. The Labute approximate surface area is 145 Å². The molecule has 0 bridgehead atoms. The van der Waals surface area contributed by atoms with Crippen LogP contribution in [0.25, 0.3) is 0 Å². The van der Waals surface area contributed by atoms with E-state index in [2.05, 4.69) is 22.8 Å². The number of carbonyl (C=O) groups is 1. The number of rotatable bonds is 5. The first-order chi connectivity index (χ1) is 11.7. The topological polar surface area (TPSA) is 50.4 Å². The molecule has 4 heteroatoms. The maximum absolute atomic E-state index is 12.3. The van der Waals surface area contributed by atoms with Crippen LogP contribution in [0.15, 0.2) is 24.3 Å². The minimum Gasteiger partial charge on any atom is -0.497 e. The van der Waals surface area contributed by atoms with Gasteiger partial charge in [-0.05, 0) is 43.4 Å². The normalized spacial score (nSPS) is 20.5. The molecule has 0 saturated heterocycles. The molecule has 2 N–H and O–H groups in total. The van der Waals surface area contributed by atoms with Gasteiger partial charge in [-0.15, -0.1) is 0 Å². The summed E-state index contributed by atoms with van der Waals surface area (Å²) in [6.45, 7) is 0.720. The fraction of sp³-hybridized carbons (Fsp3) is 0.650. The van der Waals surface area contributed by atoms with Crippen molar-refractivity contribution in [3.8, 4) is 5.75 Å². The zero-order chi connectivity index (χ0) is 16.8. The molecular weight excluding hydrogens is 300 g/mol. The second kappa shape index (κ2) is 7.91. The molecule has 2 saturated carbocycles. The van der Waals surface area contributed by atoms with Gasteiger partial charge in [0, 0.05) is 18.0 Å². The molecule has 0 unspecified atom stereocenters. The van der Waals surface area contributed by atoms with Gasteiger partial charge in [-0.2, -0.15) is 0 Å². The van der Waals surface area contributed by atoms with E-state index < -0.39 is 0 Å². The average Bonchev–Trinajstić information content (AvgIpc) is 3.11. The van der Waals surface area contributed by atoms with Crippen molar-refractivity contribution >= 4 is 6.03 Å². The summed E-state index contributed by atoms with van der Waals surface area (Å²) >= 11 is 0. The van der Waals surface area contributed by atoms with Crippen molar-refractivity contribution in [1.29, 1.82) is 0 Å². The molecule has 2 aliphatic rings. The van der Waals surface area contributed by atoms with Crippen LogP contribution >= 0.6 is 0 Å². The summed E-state index contributed by atoms with van der Waals surface area (Å²) < 4.78 is 5.27. The number of amides is 2. The second-order valence-corrected chi connectivity index (χ2v) is 7.38. The smallest absolute Gasteiger partial charge is 0.315 e. The van der Waals surface area contributed by atoms with Crippen molar-refractivity contribution in [1.82, 2.24) is 10.6 Å². The Kier molecular flexibility index (Phi) is 5.64. The molecule has 2 aliphatic carbocycles. The molecule has 132 valence electrons. The summed E-state index contributed by atoms with van der Waals surface area (Å²) in [6, 6.07) is 8.73. The molecule has 2 amide bonds. The fourth-order valence-corrected chi connectivity index (χ4v) is 4.30. The number of methoxy groups -OCH3 is 1. The summed E-state index contributed by atoms with van der Waals surface area (Å²) in [6.07, 6.45) is 10.8. The van der Waals surface area contributed by atoms with Crippen molar-refractivity contribution in [2.45, 2.75) is 69.2 Å². The summed E-state index contributed by atoms with van der Waals surface area (Å²) in [4.78, 5) is 12.3. The van der Waals surface area contributed by atoms with E-state index in [4.69, 9.17) is 4.74 Å². The number of urea groups is 1. The number of hydrogen-bond acceptors (Lipinski definition) is 2. The monoisotopic (exact) mass is 330 g/mol.